The zero-order valence-corrected chi connectivity index (χ0v) is 10.8. The van der Waals surface area contributed by atoms with Gasteiger partial charge in [-0.2, -0.15) is 0 Å². The molecule has 0 aromatic carbocycles. The number of ether oxygens (including phenoxy) is 1. The summed E-state index contributed by atoms with van der Waals surface area (Å²) >= 11 is 3.18. The maximum absolute atomic E-state index is 11.0. The molecule has 1 aromatic heterocycles. The first-order valence-electron chi connectivity index (χ1n) is 5.10. The molecular weight excluding hydrogens is 274 g/mol. The lowest BCUT2D eigenvalue weighted by Gasteiger charge is -2.14. The van der Waals surface area contributed by atoms with Gasteiger partial charge in [0.05, 0.1) is 6.10 Å². The topological polar surface area (TPSA) is 59.4 Å². The van der Waals surface area contributed by atoms with E-state index in [1.165, 1.54) is 12.3 Å². The van der Waals surface area contributed by atoms with Gasteiger partial charge < -0.3 is 9.84 Å². The molecule has 0 saturated carbocycles. The van der Waals surface area contributed by atoms with Crippen molar-refractivity contribution in [3.63, 3.8) is 0 Å². The molecule has 0 aliphatic rings. The highest BCUT2D eigenvalue weighted by Gasteiger charge is 2.15. The molecule has 0 radical (unpaired) electrons. The van der Waals surface area contributed by atoms with Crippen LogP contribution in [0, 0.1) is 0 Å². The summed E-state index contributed by atoms with van der Waals surface area (Å²) < 4.78 is 6.11. The fourth-order valence-electron chi connectivity index (χ4n) is 1.33. The molecular formula is C11H14BrNO3. The largest absolute Gasteiger partial charge is 0.477 e. The van der Waals surface area contributed by atoms with E-state index in [1.54, 1.807) is 0 Å². The highest BCUT2D eigenvalue weighted by molar-refractivity contribution is 9.10. The number of aromatic carboxylic acids is 1. The first kappa shape index (κ1) is 13.0. The van der Waals surface area contributed by atoms with Gasteiger partial charge in [0.15, 0.2) is 0 Å². The summed E-state index contributed by atoms with van der Waals surface area (Å²) in [7, 11) is 0. The molecule has 4 nitrogen and oxygen atoms in total. The molecule has 88 valence electrons. The Kier molecular flexibility index (Phi) is 4.73. The van der Waals surface area contributed by atoms with E-state index in [9.17, 15) is 4.79 Å². The number of hydrogen-bond donors (Lipinski definition) is 1. The third-order valence-corrected chi connectivity index (χ3v) is 2.49. The molecule has 0 bridgehead atoms. The Morgan fingerprint density at radius 3 is 2.94 bits per heavy atom. The second kappa shape index (κ2) is 5.84. The van der Waals surface area contributed by atoms with Gasteiger partial charge in [-0.3, -0.25) is 0 Å². The van der Waals surface area contributed by atoms with E-state index in [1.807, 2.05) is 13.8 Å². The Hall–Kier alpha value is -1.10. The van der Waals surface area contributed by atoms with Crippen LogP contribution < -0.4 is 4.74 Å². The third-order valence-electron chi connectivity index (χ3n) is 2.06. The van der Waals surface area contributed by atoms with Crippen molar-refractivity contribution in [2.24, 2.45) is 0 Å². The predicted molar refractivity (Wildman–Crippen MR) is 63.9 cm³/mol. The van der Waals surface area contributed by atoms with Gasteiger partial charge in [-0.05, 0) is 35.3 Å². The van der Waals surface area contributed by atoms with Crippen molar-refractivity contribution in [3.8, 4) is 5.88 Å². The van der Waals surface area contributed by atoms with Gasteiger partial charge in [-0.15, -0.1) is 0 Å². The van der Waals surface area contributed by atoms with Crippen LogP contribution in [0.15, 0.2) is 16.7 Å². The van der Waals surface area contributed by atoms with Crippen molar-refractivity contribution in [1.82, 2.24) is 4.98 Å². The number of hydrogen-bond acceptors (Lipinski definition) is 3. The maximum atomic E-state index is 11.0. The zero-order valence-electron chi connectivity index (χ0n) is 9.24. The van der Waals surface area contributed by atoms with Gasteiger partial charge in [0.25, 0.3) is 0 Å². The van der Waals surface area contributed by atoms with E-state index >= 15 is 0 Å². The molecule has 16 heavy (non-hydrogen) atoms. The van der Waals surface area contributed by atoms with Crippen LogP contribution in [0.25, 0.3) is 0 Å². The van der Waals surface area contributed by atoms with Gasteiger partial charge in [-0.25, -0.2) is 9.78 Å². The van der Waals surface area contributed by atoms with E-state index in [0.29, 0.717) is 4.47 Å². The molecule has 1 N–H and O–H groups in total. The second-order valence-corrected chi connectivity index (χ2v) is 4.44. The first-order chi connectivity index (χ1) is 7.54. The zero-order chi connectivity index (χ0) is 12.1. The van der Waals surface area contributed by atoms with Crippen molar-refractivity contribution in [2.75, 3.05) is 0 Å². The lowest BCUT2D eigenvalue weighted by Crippen LogP contribution is -2.14. The third kappa shape index (κ3) is 3.48. The molecule has 1 heterocycles. The summed E-state index contributed by atoms with van der Waals surface area (Å²) in [6.07, 6.45) is 3.36. The van der Waals surface area contributed by atoms with E-state index in [4.69, 9.17) is 9.84 Å². The van der Waals surface area contributed by atoms with Crippen LogP contribution in [0.5, 0.6) is 5.88 Å². The summed E-state index contributed by atoms with van der Waals surface area (Å²) in [4.78, 5) is 14.9. The average Bonchev–Trinajstić information content (AvgIpc) is 2.20. The van der Waals surface area contributed by atoms with Crippen molar-refractivity contribution >= 4 is 21.9 Å². The van der Waals surface area contributed by atoms with Crippen LogP contribution in [0.1, 0.15) is 37.0 Å². The summed E-state index contributed by atoms with van der Waals surface area (Å²) in [5, 5.41) is 8.99. The number of pyridine rings is 1. The van der Waals surface area contributed by atoms with Crippen molar-refractivity contribution < 1.29 is 14.6 Å². The Labute approximate surface area is 103 Å². The van der Waals surface area contributed by atoms with Crippen molar-refractivity contribution in [3.05, 3.63) is 22.3 Å². The molecule has 0 aliphatic carbocycles. The lowest BCUT2D eigenvalue weighted by molar-refractivity contribution is 0.0687. The summed E-state index contributed by atoms with van der Waals surface area (Å²) in [5.74, 6) is -0.857. The number of carbonyl (C=O) groups is 1. The van der Waals surface area contributed by atoms with Crippen LogP contribution in [0.2, 0.25) is 0 Å². The van der Waals surface area contributed by atoms with E-state index in [-0.39, 0.29) is 17.5 Å². The number of rotatable bonds is 5. The van der Waals surface area contributed by atoms with Gasteiger partial charge in [0.2, 0.25) is 5.88 Å². The lowest BCUT2D eigenvalue weighted by atomic mass is 10.2. The van der Waals surface area contributed by atoms with Crippen molar-refractivity contribution in [1.29, 1.82) is 0 Å². The molecule has 0 aliphatic heterocycles. The predicted octanol–water partition coefficient (Wildman–Crippen LogP) is 3.11. The van der Waals surface area contributed by atoms with Crippen LogP contribution in [-0.4, -0.2) is 22.2 Å². The van der Waals surface area contributed by atoms with Crippen LogP contribution in [-0.2, 0) is 0 Å². The van der Waals surface area contributed by atoms with Crippen LogP contribution >= 0.6 is 15.9 Å². The van der Waals surface area contributed by atoms with Gasteiger partial charge >= 0.3 is 5.97 Å². The number of carboxylic acids is 1. The Balaban J connectivity index is 2.90. The number of carboxylic acid groups (broad SMARTS) is 1. The van der Waals surface area contributed by atoms with Gasteiger partial charge in [0, 0.05) is 10.7 Å². The molecule has 1 unspecified atom stereocenters. The van der Waals surface area contributed by atoms with Gasteiger partial charge in [-0.1, -0.05) is 13.3 Å². The molecule has 1 rings (SSSR count). The average molecular weight is 288 g/mol. The normalized spacial score (nSPS) is 12.2. The Morgan fingerprint density at radius 1 is 1.69 bits per heavy atom. The maximum Gasteiger partial charge on any atom is 0.341 e. The highest BCUT2D eigenvalue weighted by Crippen LogP contribution is 2.21. The number of halogens is 1. The summed E-state index contributed by atoms with van der Waals surface area (Å²) in [5.41, 5.74) is 0.0809. The monoisotopic (exact) mass is 287 g/mol. The molecule has 0 saturated heterocycles. The Morgan fingerprint density at radius 2 is 2.38 bits per heavy atom. The molecule has 0 spiro atoms. The molecule has 5 heteroatoms. The fraction of sp³-hybridized carbons (Fsp3) is 0.455. The molecule has 0 amide bonds. The highest BCUT2D eigenvalue weighted by atomic mass is 79.9. The Bertz CT molecular complexity index is 381. The van der Waals surface area contributed by atoms with E-state index in [2.05, 4.69) is 20.9 Å². The van der Waals surface area contributed by atoms with Gasteiger partial charge in [0.1, 0.15) is 5.56 Å². The smallest absolute Gasteiger partial charge is 0.341 e. The minimum absolute atomic E-state index is 0.0308. The fourth-order valence-corrected chi connectivity index (χ4v) is 1.66. The first-order valence-corrected chi connectivity index (χ1v) is 5.89. The number of aromatic nitrogens is 1. The molecule has 1 atom stereocenters. The standard InChI is InChI=1S/C11H14BrNO3/c1-3-4-7(2)16-10-9(11(14)15)5-8(12)6-13-10/h5-7H,3-4H2,1-2H3,(H,14,15). The quantitative estimate of drug-likeness (QED) is 0.904. The molecule has 1 aromatic rings. The van der Waals surface area contributed by atoms with E-state index in [0.717, 1.165) is 12.8 Å². The summed E-state index contributed by atoms with van der Waals surface area (Å²) in [6.45, 7) is 3.95. The molecule has 0 fully saturated rings. The SMILES string of the molecule is CCCC(C)Oc1ncc(Br)cc1C(=O)O. The van der Waals surface area contributed by atoms with Crippen molar-refractivity contribution in [2.45, 2.75) is 32.8 Å². The number of nitrogens with zero attached hydrogens (tertiary/aromatic N) is 1. The van der Waals surface area contributed by atoms with Crippen LogP contribution in [0.3, 0.4) is 0 Å². The van der Waals surface area contributed by atoms with E-state index < -0.39 is 5.97 Å². The van der Waals surface area contributed by atoms with Crippen LogP contribution in [0.4, 0.5) is 0 Å². The minimum Gasteiger partial charge on any atom is -0.477 e. The summed E-state index contributed by atoms with van der Waals surface area (Å²) in [6, 6.07) is 1.49. The minimum atomic E-state index is -1.03. The second-order valence-electron chi connectivity index (χ2n) is 3.53.